The van der Waals surface area contributed by atoms with E-state index < -0.39 is 0 Å². The van der Waals surface area contributed by atoms with E-state index in [4.69, 9.17) is 0 Å². The third-order valence-corrected chi connectivity index (χ3v) is 2.42. The van der Waals surface area contributed by atoms with Gasteiger partial charge in [0.25, 0.3) is 0 Å². The van der Waals surface area contributed by atoms with E-state index in [9.17, 15) is 0 Å². The Morgan fingerprint density at radius 1 is 1.15 bits per heavy atom. The van der Waals surface area contributed by atoms with Gasteiger partial charge in [0.05, 0.1) is 0 Å². The van der Waals surface area contributed by atoms with Gasteiger partial charge in [-0.25, -0.2) is 0 Å². The molecule has 0 heterocycles. The normalized spacial score (nSPS) is 10.6. The van der Waals surface area contributed by atoms with E-state index in [2.05, 4.69) is 50.2 Å². The molecule has 0 unspecified atom stereocenters. The summed E-state index contributed by atoms with van der Waals surface area (Å²) in [6.45, 7) is 6.06. The zero-order valence-corrected chi connectivity index (χ0v) is 7.88. The zero-order valence-electron chi connectivity index (χ0n) is 7.88. The number of benzene rings is 2. The van der Waals surface area contributed by atoms with Gasteiger partial charge in [0.15, 0.2) is 0 Å². The van der Waals surface area contributed by atoms with E-state index in [1.807, 2.05) is 0 Å². The molecule has 0 nitrogen and oxygen atoms in total. The quantitative estimate of drug-likeness (QED) is 0.612. The number of aryl methyl sites for hydroxylation is 1. The van der Waals surface area contributed by atoms with Crippen LogP contribution in [0.4, 0.5) is 0 Å². The van der Waals surface area contributed by atoms with E-state index in [1.165, 1.54) is 21.9 Å². The summed E-state index contributed by atoms with van der Waals surface area (Å²) >= 11 is 0. The van der Waals surface area contributed by atoms with Crippen molar-refractivity contribution in [2.75, 3.05) is 0 Å². The fourth-order valence-corrected chi connectivity index (χ4v) is 1.72. The van der Waals surface area contributed by atoms with Crippen molar-refractivity contribution in [2.45, 2.75) is 13.3 Å². The van der Waals surface area contributed by atoms with Crippen molar-refractivity contribution < 1.29 is 0 Å². The van der Waals surface area contributed by atoms with Crippen LogP contribution in [0.1, 0.15) is 11.1 Å². The van der Waals surface area contributed by atoms with E-state index in [-0.39, 0.29) is 0 Å². The Labute approximate surface area is 79.2 Å². The van der Waals surface area contributed by atoms with Crippen molar-refractivity contribution in [3.8, 4) is 0 Å². The molecule has 2 aromatic carbocycles. The Balaban J connectivity index is 2.77. The predicted octanol–water partition coefficient (Wildman–Crippen LogP) is 3.52. The van der Waals surface area contributed by atoms with E-state index in [0.29, 0.717) is 0 Å². The third-order valence-electron chi connectivity index (χ3n) is 2.42. The maximum atomic E-state index is 3.90. The molecule has 0 saturated heterocycles. The largest absolute Gasteiger partial charge is 0.0616 e. The van der Waals surface area contributed by atoms with Crippen molar-refractivity contribution in [1.29, 1.82) is 0 Å². The summed E-state index contributed by atoms with van der Waals surface area (Å²) in [6.07, 6.45) is 0.867. The van der Waals surface area contributed by atoms with Gasteiger partial charge in [0, 0.05) is 0 Å². The minimum Gasteiger partial charge on any atom is -0.0616 e. The second-order valence-corrected chi connectivity index (χ2v) is 3.38. The van der Waals surface area contributed by atoms with Crippen LogP contribution in [0.25, 0.3) is 10.8 Å². The lowest BCUT2D eigenvalue weighted by atomic mass is 10.0. The fraction of sp³-hybridized carbons (Fsp3) is 0.154. The second-order valence-electron chi connectivity index (χ2n) is 3.38. The molecule has 0 N–H and O–H groups in total. The molecule has 0 aromatic heterocycles. The standard InChI is InChI=1S/C13H13/c1-3-11-8-10(2)13-7-5-4-6-12(13)9-11/h4-9H,1,3H2,2H3. The van der Waals surface area contributed by atoms with Crippen LogP contribution in [0.2, 0.25) is 0 Å². The van der Waals surface area contributed by atoms with Gasteiger partial charge in [-0.3, -0.25) is 0 Å². The van der Waals surface area contributed by atoms with Crippen LogP contribution in [0.15, 0.2) is 36.4 Å². The molecule has 0 heteroatoms. The molecule has 0 spiro atoms. The van der Waals surface area contributed by atoms with Gasteiger partial charge in [-0.15, -0.1) is 0 Å². The molecule has 0 aliphatic heterocycles. The summed E-state index contributed by atoms with van der Waals surface area (Å²) < 4.78 is 0. The van der Waals surface area contributed by atoms with Crippen molar-refractivity contribution >= 4 is 10.8 Å². The second kappa shape index (κ2) is 3.21. The first-order valence-electron chi connectivity index (χ1n) is 4.59. The summed E-state index contributed by atoms with van der Waals surface area (Å²) in [5.41, 5.74) is 2.66. The topological polar surface area (TPSA) is 0 Å². The zero-order chi connectivity index (χ0) is 9.26. The molecule has 0 aliphatic carbocycles. The van der Waals surface area contributed by atoms with Crippen LogP contribution in [0.5, 0.6) is 0 Å². The van der Waals surface area contributed by atoms with Crippen LogP contribution in [0.3, 0.4) is 0 Å². The van der Waals surface area contributed by atoms with Crippen LogP contribution in [-0.4, -0.2) is 0 Å². The first-order valence-corrected chi connectivity index (χ1v) is 4.59. The summed E-state index contributed by atoms with van der Waals surface area (Å²) in [7, 11) is 0. The van der Waals surface area contributed by atoms with Crippen LogP contribution < -0.4 is 0 Å². The molecule has 13 heavy (non-hydrogen) atoms. The average molecular weight is 169 g/mol. The van der Waals surface area contributed by atoms with Gasteiger partial charge in [0.1, 0.15) is 0 Å². The summed E-state index contributed by atoms with van der Waals surface area (Å²) in [5.74, 6) is 0. The highest BCUT2D eigenvalue weighted by atomic mass is 14.0. The van der Waals surface area contributed by atoms with Gasteiger partial charge < -0.3 is 0 Å². The molecule has 65 valence electrons. The number of hydrogen-bond donors (Lipinski definition) is 0. The summed E-state index contributed by atoms with van der Waals surface area (Å²) in [4.78, 5) is 0. The molecule has 0 amide bonds. The Bertz CT molecular complexity index is 427. The Morgan fingerprint density at radius 2 is 1.92 bits per heavy atom. The SMILES string of the molecule is [CH2]Cc1cc(C)c2ccccc2c1. The molecule has 2 aromatic rings. The molecular formula is C13H13. The van der Waals surface area contributed by atoms with E-state index in [0.717, 1.165) is 6.42 Å². The van der Waals surface area contributed by atoms with Gasteiger partial charge in [-0.1, -0.05) is 36.4 Å². The highest BCUT2D eigenvalue weighted by Gasteiger charge is 1.97. The van der Waals surface area contributed by atoms with Crippen molar-refractivity contribution in [3.63, 3.8) is 0 Å². The Kier molecular flexibility index (Phi) is 2.05. The highest BCUT2D eigenvalue weighted by molar-refractivity contribution is 5.86. The average Bonchev–Trinajstić information content (AvgIpc) is 2.18. The van der Waals surface area contributed by atoms with Crippen LogP contribution in [-0.2, 0) is 6.42 Å². The van der Waals surface area contributed by atoms with Gasteiger partial charge in [-0.2, -0.15) is 0 Å². The first kappa shape index (κ1) is 8.31. The number of hydrogen-bond acceptors (Lipinski definition) is 0. The number of fused-ring (bicyclic) bond motifs is 1. The van der Waals surface area contributed by atoms with Crippen LogP contribution in [0, 0.1) is 13.8 Å². The summed E-state index contributed by atoms with van der Waals surface area (Å²) in [5, 5.41) is 2.67. The minimum absolute atomic E-state index is 0.867. The summed E-state index contributed by atoms with van der Waals surface area (Å²) in [6, 6.07) is 12.9. The maximum Gasteiger partial charge on any atom is -0.0155 e. The highest BCUT2D eigenvalue weighted by Crippen LogP contribution is 2.20. The first-order chi connectivity index (χ1) is 6.31. The fourth-order valence-electron chi connectivity index (χ4n) is 1.72. The van der Waals surface area contributed by atoms with Gasteiger partial charge in [-0.05, 0) is 42.2 Å². The monoisotopic (exact) mass is 169 g/mol. The lowest BCUT2D eigenvalue weighted by molar-refractivity contribution is 1.27. The molecule has 0 bridgehead atoms. The molecule has 0 fully saturated rings. The maximum absolute atomic E-state index is 3.90. The van der Waals surface area contributed by atoms with E-state index >= 15 is 0 Å². The number of rotatable bonds is 1. The molecule has 1 radical (unpaired) electrons. The van der Waals surface area contributed by atoms with Crippen molar-refractivity contribution in [3.05, 3.63) is 54.4 Å². The molecular weight excluding hydrogens is 156 g/mol. The van der Waals surface area contributed by atoms with Crippen molar-refractivity contribution in [1.82, 2.24) is 0 Å². The van der Waals surface area contributed by atoms with E-state index in [1.54, 1.807) is 0 Å². The lowest BCUT2D eigenvalue weighted by Crippen LogP contribution is -1.84. The smallest absolute Gasteiger partial charge is 0.0155 e. The van der Waals surface area contributed by atoms with Gasteiger partial charge >= 0.3 is 0 Å². The molecule has 0 aliphatic rings. The Morgan fingerprint density at radius 3 is 2.69 bits per heavy atom. The van der Waals surface area contributed by atoms with Gasteiger partial charge in [0.2, 0.25) is 0 Å². The van der Waals surface area contributed by atoms with Crippen molar-refractivity contribution in [2.24, 2.45) is 0 Å². The Hall–Kier alpha value is -1.30. The molecule has 0 atom stereocenters. The predicted molar refractivity (Wildman–Crippen MR) is 57.7 cm³/mol. The third kappa shape index (κ3) is 1.44. The lowest BCUT2D eigenvalue weighted by Gasteiger charge is -2.04. The van der Waals surface area contributed by atoms with Crippen LogP contribution >= 0.6 is 0 Å². The minimum atomic E-state index is 0.867. The molecule has 2 rings (SSSR count). The molecule has 0 saturated carbocycles.